The highest BCUT2D eigenvalue weighted by atomic mass is 16.2. The average molecular weight is 266 g/mol. The molecule has 2 atom stereocenters. The summed E-state index contributed by atoms with van der Waals surface area (Å²) in [5.74, 6) is 1.40. The van der Waals surface area contributed by atoms with Crippen LogP contribution >= 0.6 is 0 Å². The van der Waals surface area contributed by atoms with Gasteiger partial charge in [-0.25, -0.2) is 0 Å². The molecule has 2 fully saturated rings. The van der Waals surface area contributed by atoms with Crippen molar-refractivity contribution in [3.63, 3.8) is 0 Å². The third-order valence-corrected chi connectivity index (χ3v) is 4.91. The van der Waals surface area contributed by atoms with Gasteiger partial charge in [0.1, 0.15) is 0 Å². The van der Waals surface area contributed by atoms with Crippen molar-refractivity contribution in [1.82, 2.24) is 10.2 Å². The first-order valence-corrected chi connectivity index (χ1v) is 7.98. The van der Waals surface area contributed by atoms with Crippen molar-refractivity contribution in [1.29, 1.82) is 0 Å². The highest BCUT2D eigenvalue weighted by Gasteiger charge is 2.31. The standard InChI is InChI=1S/C16H30N2O/c1-16(2,3)14-7-5-10-18(11-8-14)15(19)13-6-4-9-17-12-13/h13-14,17H,4-12H2,1-3H3/t13-,14?/m0/s1. The molecule has 0 aromatic heterocycles. The van der Waals surface area contributed by atoms with Gasteiger partial charge in [-0.05, 0) is 50.0 Å². The molecule has 0 aromatic carbocycles. The van der Waals surface area contributed by atoms with Crippen LogP contribution in [-0.4, -0.2) is 37.0 Å². The van der Waals surface area contributed by atoms with E-state index in [9.17, 15) is 4.79 Å². The number of amides is 1. The Balaban J connectivity index is 1.89. The monoisotopic (exact) mass is 266 g/mol. The van der Waals surface area contributed by atoms with E-state index >= 15 is 0 Å². The second kappa shape index (κ2) is 6.25. The number of hydrogen-bond acceptors (Lipinski definition) is 2. The predicted molar refractivity (Wildman–Crippen MR) is 79.0 cm³/mol. The molecule has 3 nitrogen and oxygen atoms in total. The molecule has 2 saturated heterocycles. The first-order chi connectivity index (χ1) is 8.98. The zero-order valence-electron chi connectivity index (χ0n) is 12.9. The maximum Gasteiger partial charge on any atom is 0.226 e. The van der Waals surface area contributed by atoms with E-state index in [4.69, 9.17) is 0 Å². The van der Waals surface area contributed by atoms with Gasteiger partial charge < -0.3 is 10.2 Å². The van der Waals surface area contributed by atoms with Crippen LogP contribution in [0.4, 0.5) is 0 Å². The molecule has 0 bridgehead atoms. The number of nitrogens with one attached hydrogen (secondary N) is 1. The van der Waals surface area contributed by atoms with Gasteiger partial charge in [-0.3, -0.25) is 4.79 Å². The Morgan fingerprint density at radius 3 is 2.53 bits per heavy atom. The number of carbonyl (C=O) groups is 1. The highest BCUT2D eigenvalue weighted by molar-refractivity contribution is 5.79. The summed E-state index contributed by atoms with van der Waals surface area (Å²) < 4.78 is 0. The lowest BCUT2D eigenvalue weighted by Crippen LogP contribution is -2.43. The Labute approximate surface area is 118 Å². The molecular weight excluding hydrogens is 236 g/mol. The van der Waals surface area contributed by atoms with E-state index in [0.29, 0.717) is 11.3 Å². The summed E-state index contributed by atoms with van der Waals surface area (Å²) in [4.78, 5) is 14.7. The smallest absolute Gasteiger partial charge is 0.226 e. The molecule has 110 valence electrons. The molecule has 1 unspecified atom stereocenters. The maximum absolute atomic E-state index is 12.5. The zero-order valence-corrected chi connectivity index (χ0v) is 12.9. The van der Waals surface area contributed by atoms with Gasteiger partial charge in [0.05, 0.1) is 5.92 Å². The Morgan fingerprint density at radius 2 is 1.89 bits per heavy atom. The lowest BCUT2D eigenvalue weighted by molar-refractivity contribution is -0.136. The minimum Gasteiger partial charge on any atom is -0.342 e. The van der Waals surface area contributed by atoms with Crippen molar-refractivity contribution in [3.8, 4) is 0 Å². The van der Waals surface area contributed by atoms with E-state index in [1.54, 1.807) is 0 Å². The van der Waals surface area contributed by atoms with Crippen LogP contribution < -0.4 is 5.32 Å². The zero-order chi connectivity index (χ0) is 13.9. The normalized spacial score (nSPS) is 29.9. The number of rotatable bonds is 1. The molecule has 2 rings (SSSR count). The predicted octanol–water partition coefficient (Wildman–Crippen LogP) is 2.66. The third-order valence-electron chi connectivity index (χ3n) is 4.91. The van der Waals surface area contributed by atoms with Crippen LogP contribution in [0.15, 0.2) is 0 Å². The van der Waals surface area contributed by atoms with Gasteiger partial charge in [0.15, 0.2) is 0 Å². The van der Waals surface area contributed by atoms with E-state index in [1.807, 2.05) is 0 Å². The van der Waals surface area contributed by atoms with Gasteiger partial charge in [0.25, 0.3) is 0 Å². The fourth-order valence-electron chi connectivity index (χ4n) is 3.50. The number of carbonyl (C=O) groups excluding carboxylic acids is 1. The van der Waals surface area contributed by atoms with E-state index in [0.717, 1.165) is 44.9 Å². The van der Waals surface area contributed by atoms with E-state index < -0.39 is 0 Å². The van der Waals surface area contributed by atoms with Gasteiger partial charge in [0.2, 0.25) is 5.91 Å². The molecular formula is C16H30N2O. The molecule has 0 radical (unpaired) electrons. The quantitative estimate of drug-likeness (QED) is 0.791. The minimum absolute atomic E-state index is 0.236. The molecule has 0 aromatic rings. The van der Waals surface area contributed by atoms with Crippen LogP contribution in [0.3, 0.4) is 0 Å². The molecule has 1 amide bonds. The van der Waals surface area contributed by atoms with Gasteiger partial charge in [-0.15, -0.1) is 0 Å². The second-order valence-electron chi connectivity index (χ2n) is 7.36. The summed E-state index contributed by atoms with van der Waals surface area (Å²) in [5.41, 5.74) is 0.380. The van der Waals surface area contributed by atoms with Gasteiger partial charge in [-0.1, -0.05) is 20.8 Å². The summed E-state index contributed by atoms with van der Waals surface area (Å²) >= 11 is 0. The summed E-state index contributed by atoms with van der Waals surface area (Å²) in [6.07, 6.45) is 5.85. The van der Waals surface area contributed by atoms with Crippen LogP contribution in [-0.2, 0) is 4.79 Å². The van der Waals surface area contributed by atoms with Crippen molar-refractivity contribution < 1.29 is 4.79 Å². The Bertz CT molecular complexity index is 302. The molecule has 19 heavy (non-hydrogen) atoms. The van der Waals surface area contributed by atoms with Crippen LogP contribution in [0.1, 0.15) is 52.9 Å². The van der Waals surface area contributed by atoms with Crippen molar-refractivity contribution in [2.75, 3.05) is 26.2 Å². The molecule has 2 heterocycles. The fraction of sp³-hybridized carbons (Fsp3) is 0.938. The van der Waals surface area contributed by atoms with Crippen LogP contribution in [0.5, 0.6) is 0 Å². The number of nitrogens with zero attached hydrogens (tertiary/aromatic N) is 1. The van der Waals surface area contributed by atoms with E-state index in [-0.39, 0.29) is 5.92 Å². The summed E-state index contributed by atoms with van der Waals surface area (Å²) in [5, 5.41) is 3.36. The first kappa shape index (κ1) is 14.8. The maximum atomic E-state index is 12.5. The first-order valence-electron chi connectivity index (χ1n) is 7.98. The lowest BCUT2D eigenvalue weighted by atomic mass is 9.77. The molecule has 3 heteroatoms. The number of hydrogen-bond donors (Lipinski definition) is 1. The molecule has 2 aliphatic heterocycles. The molecule has 0 saturated carbocycles. The largest absolute Gasteiger partial charge is 0.342 e. The summed E-state index contributed by atoms with van der Waals surface area (Å²) in [7, 11) is 0. The van der Waals surface area contributed by atoms with Crippen molar-refractivity contribution in [2.45, 2.75) is 52.9 Å². The van der Waals surface area contributed by atoms with Gasteiger partial charge in [0, 0.05) is 19.6 Å². The van der Waals surface area contributed by atoms with Crippen molar-refractivity contribution in [3.05, 3.63) is 0 Å². The van der Waals surface area contributed by atoms with Gasteiger partial charge >= 0.3 is 0 Å². The topological polar surface area (TPSA) is 32.3 Å². The summed E-state index contributed by atoms with van der Waals surface area (Å²) in [6.45, 7) is 10.9. The molecule has 2 aliphatic rings. The highest BCUT2D eigenvalue weighted by Crippen LogP contribution is 2.34. The van der Waals surface area contributed by atoms with E-state index in [1.165, 1.54) is 19.3 Å². The van der Waals surface area contributed by atoms with Crippen LogP contribution in [0, 0.1) is 17.3 Å². The SMILES string of the molecule is CC(C)(C)C1CCCN(C(=O)[C@H]2CCCNC2)CC1. The average Bonchev–Trinajstić information content (AvgIpc) is 2.64. The number of likely N-dealkylation sites (tertiary alicyclic amines) is 1. The number of piperidine rings is 1. The van der Waals surface area contributed by atoms with Crippen LogP contribution in [0.2, 0.25) is 0 Å². The third kappa shape index (κ3) is 3.95. The van der Waals surface area contributed by atoms with E-state index in [2.05, 4.69) is 31.0 Å². The molecule has 0 spiro atoms. The lowest BCUT2D eigenvalue weighted by Gasteiger charge is -2.31. The second-order valence-corrected chi connectivity index (χ2v) is 7.36. The van der Waals surface area contributed by atoms with Crippen LogP contribution in [0.25, 0.3) is 0 Å². The Morgan fingerprint density at radius 1 is 1.11 bits per heavy atom. The van der Waals surface area contributed by atoms with Crippen molar-refractivity contribution in [2.24, 2.45) is 17.3 Å². The Kier molecular flexibility index (Phi) is 4.88. The fourth-order valence-corrected chi connectivity index (χ4v) is 3.50. The Hall–Kier alpha value is -0.570. The molecule has 0 aliphatic carbocycles. The minimum atomic E-state index is 0.236. The molecule has 1 N–H and O–H groups in total. The van der Waals surface area contributed by atoms with Crippen molar-refractivity contribution >= 4 is 5.91 Å². The van der Waals surface area contributed by atoms with Gasteiger partial charge in [-0.2, -0.15) is 0 Å². The summed E-state index contributed by atoms with van der Waals surface area (Å²) in [6, 6.07) is 0.